The first-order valence-corrected chi connectivity index (χ1v) is 6.68. The molecule has 0 saturated carbocycles. The van der Waals surface area contributed by atoms with Crippen LogP contribution in [0.4, 0.5) is 5.82 Å². The van der Waals surface area contributed by atoms with Gasteiger partial charge in [0.25, 0.3) is 5.56 Å². The Hall–Kier alpha value is -2.41. The molecule has 2 rings (SSSR count). The van der Waals surface area contributed by atoms with E-state index >= 15 is 0 Å². The zero-order chi connectivity index (χ0) is 15.4. The van der Waals surface area contributed by atoms with Crippen LogP contribution in [0.1, 0.15) is 5.56 Å². The molecule has 0 saturated heterocycles. The van der Waals surface area contributed by atoms with Gasteiger partial charge in [-0.1, -0.05) is 30.3 Å². The summed E-state index contributed by atoms with van der Waals surface area (Å²) in [4.78, 5) is 25.7. The second kappa shape index (κ2) is 6.36. The van der Waals surface area contributed by atoms with Crippen molar-refractivity contribution in [1.29, 1.82) is 0 Å². The Bertz CT molecular complexity index is 720. The molecule has 7 nitrogen and oxygen atoms in total. The first-order valence-electron chi connectivity index (χ1n) is 6.68. The van der Waals surface area contributed by atoms with E-state index in [4.69, 9.17) is 5.73 Å². The summed E-state index contributed by atoms with van der Waals surface area (Å²) in [6.45, 7) is 1.38. The smallest absolute Gasteiger partial charge is 0.345 e. The standard InChI is InChI=1S/C14H19N5O2/c1-17-13(20)12(16-18(2)14(17)21)19(9-8-15)10-11-6-4-3-5-7-11/h3-7H,8-10,15H2,1-2H3. The van der Waals surface area contributed by atoms with Gasteiger partial charge in [0, 0.05) is 33.7 Å². The monoisotopic (exact) mass is 289 g/mol. The van der Waals surface area contributed by atoms with Crippen molar-refractivity contribution in [3.8, 4) is 0 Å². The average molecular weight is 289 g/mol. The molecule has 112 valence electrons. The molecule has 0 bridgehead atoms. The fourth-order valence-corrected chi connectivity index (χ4v) is 2.10. The Morgan fingerprint density at radius 2 is 1.86 bits per heavy atom. The van der Waals surface area contributed by atoms with Gasteiger partial charge >= 0.3 is 5.69 Å². The predicted molar refractivity (Wildman–Crippen MR) is 81.3 cm³/mol. The number of rotatable bonds is 5. The molecule has 2 aromatic rings. The number of aromatic nitrogens is 3. The normalized spacial score (nSPS) is 10.6. The topological polar surface area (TPSA) is 86.2 Å². The van der Waals surface area contributed by atoms with E-state index in [1.807, 2.05) is 30.3 Å². The van der Waals surface area contributed by atoms with Crippen molar-refractivity contribution in [1.82, 2.24) is 14.3 Å². The lowest BCUT2D eigenvalue weighted by Gasteiger charge is -2.23. The lowest BCUT2D eigenvalue weighted by Crippen LogP contribution is -2.44. The van der Waals surface area contributed by atoms with Crippen LogP contribution in [0.5, 0.6) is 0 Å². The molecule has 0 radical (unpaired) electrons. The van der Waals surface area contributed by atoms with Crippen LogP contribution in [0.3, 0.4) is 0 Å². The second-order valence-electron chi connectivity index (χ2n) is 4.79. The maximum absolute atomic E-state index is 12.3. The largest absolute Gasteiger partial charge is 0.346 e. The van der Waals surface area contributed by atoms with Crippen molar-refractivity contribution in [2.75, 3.05) is 18.0 Å². The summed E-state index contributed by atoms with van der Waals surface area (Å²) in [5, 5.41) is 4.09. The fraction of sp³-hybridized carbons (Fsp3) is 0.357. The van der Waals surface area contributed by atoms with Crippen molar-refractivity contribution in [3.05, 3.63) is 56.7 Å². The number of nitrogens with zero attached hydrogens (tertiary/aromatic N) is 4. The average Bonchev–Trinajstić information content (AvgIpc) is 2.49. The van der Waals surface area contributed by atoms with E-state index in [0.717, 1.165) is 14.8 Å². The highest BCUT2D eigenvalue weighted by Gasteiger charge is 2.16. The van der Waals surface area contributed by atoms with Gasteiger partial charge in [0.1, 0.15) is 0 Å². The van der Waals surface area contributed by atoms with E-state index in [1.165, 1.54) is 14.1 Å². The molecule has 21 heavy (non-hydrogen) atoms. The summed E-state index contributed by atoms with van der Waals surface area (Å²) < 4.78 is 2.21. The quantitative estimate of drug-likeness (QED) is 0.798. The minimum atomic E-state index is -0.448. The lowest BCUT2D eigenvalue weighted by atomic mass is 10.2. The molecular weight excluding hydrogens is 270 g/mol. The summed E-state index contributed by atoms with van der Waals surface area (Å²) in [6.07, 6.45) is 0. The molecule has 0 unspecified atom stereocenters. The number of benzene rings is 1. The van der Waals surface area contributed by atoms with E-state index in [2.05, 4.69) is 5.10 Å². The minimum absolute atomic E-state index is 0.230. The second-order valence-corrected chi connectivity index (χ2v) is 4.79. The van der Waals surface area contributed by atoms with Crippen molar-refractivity contribution < 1.29 is 0 Å². The summed E-state index contributed by atoms with van der Waals surface area (Å²) in [5.41, 5.74) is 5.81. The van der Waals surface area contributed by atoms with Gasteiger partial charge in [-0.15, -0.1) is 5.10 Å². The summed E-state index contributed by atoms with van der Waals surface area (Å²) in [7, 11) is 2.97. The Morgan fingerprint density at radius 1 is 1.19 bits per heavy atom. The summed E-state index contributed by atoms with van der Waals surface area (Å²) in [5.74, 6) is 0.230. The van der Waals surface area contributed by atoms with Gasteiger partial charge in [-0.25, -0.2) is 9.48 Å². The van der Waals surface area contributed by atoms with Crippen LogP contribution < -0.4 is 21.9 Å². The number of nitrogens with two attached hydrogens (primary N) is 1. The van der Waals surface area contributed by atoms with Crippen molar-refractivity contribution in [2.24, 2.45) is 19.8 Å². The molecule has 0 amide bonds. The Kier molecular flexibility index (Phi) is 4.54. The van der Waals surface area contributed by atoms with Gasteiger partial charge in [0.2, 0.25) is 5.82 Å². The van der Waals surface area contributed by atoms with E-state index < -0.39 is 11.2 Å². The highest BCUT2D eigenvalue weighted by molar-refractivity contribution is 5.36. The van der Waals surface area contributed by atoms with Crippen LogP contribution in [0.2, 0.25) is 0 Å². The maximum atomic E-state index is 12.3. The van der Waals surface area contributed by atoms with Gasteiger partial charge in [-0.05, 0) is 5.56 Å². The van der Waals surface area contributed by atoms with Gasteiger partial charge in [0.15, 0.2) is 0 Å². The molecule has 0 atom stereocenters. The Balaban J connectivity index is 2.44. The van der Waals surface area contributed by atoms with Crippen molar-refractivity contribution in [3.63, 3.8) is 0 Å². The number of hydrogen-bond donors (Lipinski definition) is 1. The van der Waals surface area contributed by atoms with E-state index in [1.54, 1.807) is 4.90 Å². The third kappa shape index (κ3) is 3.19. The lowest BCUT2D eigenvalue weighted by molar-refractivity contribution is 0.586. The van der Waals surface area contributed by atoms with Crippen LogP contribution in [-0.4, -0.2) is 27.4 Å². The maximum Gasteiger partial charge on any atom is 0.346 e. The summed E-state index contributed by atoms with van der Waals surface area (Å²) in [6, 6.07) is 9.73. The van der Waals surface area contributed by atoms with Gasteiger partial charge < -0.3 is 10.6 Å². The van der Waals surface area contributed by atoms with Gasteiger partial charge in [-0.2, -0.15) is 0 Å². The Labute approximate surface area is 122 Å². The highest BCUT2D eigenvalue weighted by Crippen LogP contribution is 2.09. The Morgan fingerprint density at radius 3 is 2.48 bits per heavy atom. The van der Waals surface area contributed by atoms with Crippen LogP contribution in [0.25, 0.3) is 0 Å². The van der Waals surface area contributed by atoms with Crippen molar-refractivity contribution in [2.45, 2.75) is 6.54 Å². The molecule has 2 N–H and O–H groups in total. The number of aryl methyl sites for hydroxylation is 1. The molecule has 1 heterocycles. The van der Waals surface area contributed by atoms with Crippen LogP contribution in [-0.2, 0) is 20.6 Å². The molecule has 0 spiro atoms. The molecule has 7 heteroatoms. The molecule has 0 aliphatic carbocycles. The molecule has 0 aliphatic heterocycles. The third-order valence-electron chi connectivity index (χ3n) is 3.22. The molecule has 1 aromatic heterocycles. The first-order chi connectivity index (χ1) is 10.0. The molecule has 0 aliphatic rings. The van der Waals surface area contributed by atoms with Crippen molar-refractivity contribution >= 4 is 5.82 Å². The number of anilines is 1. The first kappa shape index (κ1) is 15.0. The zero-order valence-electron chi connectivity index (χ0n) is 12.2. The van der Waals surface area contributed by atoms with Crippen LogP contribution in [0.15, 0.2) is 39.9 Å². The predicted octanol–water partition coefficient (Wildman–Crippen LogP) is -0.556. The van der Waals surface area contributed by atoms with Crippen LogP contribution >= 0.6 is 0 Å². The molecular formula is C14H19N5O2. The van der Waals surface area contributed by atoms with E-state index in [0.29, 0.717) is 19.6 Å². The highest BCUT2D eigenvalue weighted by atomic mass is 16.2. The van der Waals surface area contributed by atoms with Gasteiger partial charge in [-0.3, -0.25) is 9.36 Å². The zero-order valence-corrected chi connectivity index (χ0v) is 12.2. The summed E-state index contributed by atoms with van der Waals surface area (Å²) >= 11 is 0. The molecule has 1 aromatic carbocycles. The number of hydrogen-bond acceptors (Lipinski definition) is 5. The van der Waals surface area contributed by atoms with Gasteiger partial charge in [0.05, 0.1) is 0 Å². The molecule has 0 fully saturated rings. The minimum Gasteiger partial charge on any atom is -0.345 e. The van der Waals surface area contributed by atoms with E-state index in [9.17, 15) is 9.59 Å². The SMILES string of the molecule is Cn1nc(N(CCN)Cc2ccccc2)c(=O)n(C)c1=O. The van der Waals surface area contributed by atoms with E-state index in [-0.39, 0.29) is 5.82 Å². The van der Waals surface area contributed by atoms with Crippen LogP contribution in [0, 0.1) is 0 Å². The fourth-order valence-electron chi connectivity index (χ4n) is 2.10. The third-order valence-corrected chi connectivity index (χ3v) is 3.22.